The van der Waals surface area contributed by atoms with Gasteiger partial charge in [0.05, 0.1) is 0 Å². The molecule has 0 aliphatic rings. The maximum Gasteiger partial charge on any atom is 0.227 e. The van der Waals surface area contributed by atoms with E-state index in [1.54, 1.807) is 18.2 Å². The van der Waals surface area contributed by atoms with Crippen molar-refractivity contribution in [3.63, 3.8) is 0 Å². The van der Waals surface area contributed by atoms with Crippen LogP contribution in [0.5, 0.6) is 5.75 Å². The van der Waals surface area contributed by atoms with Crippen molar-refractivity contribution in [1.29, 1.82) is 0 Å². The Morgan fingerprint density at radius 3 is 2.62 bits per heavy atom. The summed E-state index contributed by atoms with van der Waals surface area (Å²) >= 11 is 0. The van der Waals surface area contributed by atoms with Crippen molar-refractivity contribution < 1.29 is 18.7 Å². The number of hydrogen-bond donors (Lipinski definition) is 1. The number of alkyl halides is 1. The molecule has 0 radical (unpaired) electrons. The highest BCUT2D eigenvalue weighted by atomic mass is 19.1. The molecular weight excluding hydrogens is 311 g/mol. The summed E-state index contributed by atoms with van der Waals surface area (Å²) in [5.41, 5.74) is 3.26. The molecule has 6 heteroatoms. The third kappa shape index (κ3) is 3.49. The number of fused-ring (bicyclic) bond motifs is 1. The SMILES string of the molecule is CN(C)c1ccc(-c2nc3cc(OC[C@@H](O)CF)ccc3o2)cc1. The number of halogens is 1. The Bertz CT molecular complexity index is 815. The maximum absolute atomic E-state index is 12.3. The molecule has 0 fully saturated rings. The molecule has 3 rings (SSSR count). The molecule has 0 amide bonds. The third-order valence-corrected chi connectivity index (χ3v) is 3.61. The third-order valence-electron chi connectivity index (χ3n) is 3.61. The first kappa shape index (κ1) is 16.3. The second kappa shape index (κ2) is 6.88. The highest BCUT2D eigenvalue weighted by Crippen LogP contribution is 2.28. The van der Waals surface area contributed by atoms with Gasteiger partial charge in [0, 0.05) is 31.4 Å². The Hall–Kier alpha value is -2.60. The van der Waals surface area contributed by atoms with E-state index in [2.05, 4.69) is 4.98 Å². The minimum atomic E-state index is -1.12. The van der Waals surface area contributed by atoms with Gasteiger partial charge in [-0.25, -0.2) is 9.37 Å². The first-order valence-corrected chi connectivity index (χ1v) is 7.62. The fourth-order valence-corrected chi connectivity index (χ4v) is 2.26. The molecule has 0 unspecified atom stereocenters. The lowest BCUT2D eigenvalue weighted by molar-refractivity contribution is 0.0842. The number of benzene rings is 2. The molecule has 0 aliphatic heterocycles. The summed E-state index contributed by atoms with van der Waals surface area (Å²) in [5.74, 6) is 1.04. The predicted molar refractivity (Wildman–Crippen MR) is 91.2 cm³/mol. The van der Waals surface area contributed by atoms with E-state index in [0.29, 0.717) is 22.7 Å². The lowest BCUT2D eigenvalue weighted by Gasteiger charge is -2.11. The van der Waals surface area contributed by atoms with E-state index < -0.39 is 12.8 Å². The average Bonchev–Trinajstić information content (AvgIpc) is 3.03. The molecule has 2 aromatic carbocycles. The molecule has 126 valence electrons. The topological polar surface area (TPSA) is 58.7 Å². The van der Waals surface area contributed by atoms with Gasteiger partial charge in [0.15, 0.2) is 5.58 Å². The van der Waals surface area contributed by atoms with Crippen LogP contribution in [0.15, 0.2) is 46.9 Å². The summed E-state index contributed by atoms with van der Waals surface area (Å²) in [6.07, 6.45) is -1.12. The van der Waals surface area contributed by atoms with Crippen molar-refractivity contribution in [2.24, 2.45) is 0 Å². The zero-order chi connectivity index (χ0) is 17.1. The number of nitrogens with zero attached hydrogens (tertiary/aromatic N) is 2. The molecule has 0 aliphatic carbocycles. The molecule has 0 saturated carbocycles. The zero-order valence-electron chi connectivity index (χ0n) is 13.6. The Labute approximate surface area is 139 Å². The molecule has 1 N–H and O–H groups in total. The van der Waals surface area contributed by atoms with Gasteiger partial charge in [-0.1, -0.05) is 0 Å². The molecule has 0 saturated heterocycles. The Kier molecular flexibility index (Phi) is 4.66. The van der Waals surface area contributed by atoms with Crippen molar-refractivity contribution >= 4 is 16.8 Å². The number of rotatable bonds is 6. The van der Waals surface area contributed by atoms with Crippen LogP contribution in [0.3, 0.4) is 0 Å². The monoisotopic (exact) mass is 330 g/mol. The van der Waals surface area contributed by atoms with Crippen molar-refractivity contribution in [2.45, 2.75) is 6.10 Å². The Morgan fingerprint density at radius 2 is 1.96 bits per heavy atom. The lowest BCUT2D eigenvalue weighted by Crippen LogP contribution is -2.19. The van der Waals surface area contributed by atoms with E-state index >= 15 is 0 Å². The number of aliphatic hydroxyl groups is 1. The molecule has 0 bridgehead atoms. The molecule has 1 atom stereocenters. The van der Waals surface area contributed by atoms with E-state index in [1.165, 1.54) is 0 Å². The standard InChI is InChI=1S/C18H19FN2O3/c1-21(2)13-5-3-12(4-6-13)18-20-16-9-15(7-8-17(16)24-18)23-11-14(22)10-19/h3-9,14,22H,10-11H2,1-2H3/t14-/m0/s1. The average molecular weight is 330 g/mol. The van der Waals surface area contributed by atoms with Crippen LogP contribution in [0, 0.1) is 0 Å². The second-order valence-electron chi connectivity index (χ2n) is 5.71. The first-order chi connectivity index (χ1) is 11.6. The smallest absolute Gasteiger partial charge is 0.227 e. The van der Waals surface area contributed by atoms with Gasteiger partial charge in [-0.3, -0.25) is 0 Å². The fourth-order valence-electron chi connectivity index (χ4n) is 2.26. The first-order valence-electron chi connectivity index (χ1n) is 7.62. The van der Waals surface area contributed by atoms with Crippen LogP contribution in [0.4, 0.5) is 10.1 Å². The van der Waals surface area contributed by atoms with Crippen molar-refractivity contribution in [3.05, 3.63) is 42.5 Å². The van der Waals surface area contributed by atoms with E-state index in [9.17, 15) is 9.50 Å². The van der Waals surface area contributed by atoms with Gasteiger partial charge < -0.3 is 19.2 Å². The van der Waals surface area contributed by atoms with Gasteiger partial charge in [0.2, 0.25) is 5.89 Å². The normalized spacial score (nSPS) is 12.3. The molecule has 5 nitrogen and oxygen atoms in total. The quantitative estimate of drug-likeness (QED) is 0.752. The summed E-state index contributed by atoms with van der Waals surface area (Å²) in [7, 11) is 3.96. The van der Waals surface area contributed by atoms with Crippen LogP contribution in [0.2, 0.25) is 0 Å². The van der Waals surface area contributed by atoms with Gasteiger partial charge in [-0.2, -0.15) is 0 Å². The fraction of sp³-hybridized carbons (Fsp3) is 0.278. The lowest BCUT2D eigenvalue weighted by atomic mass is 10.2. The summed E-state index contributed by atoms with van der Waals surface area (Å²) in [6.45, 7) is -0.933. The van der Waals surface area contributed by atoms with Gasteiger partial charge in [-0.05, 0) is 36.4 Å². The van der Waals surface area contributed by atoms with Gasteiger partial charge >= 0.3 is 0 Å². The minimum Gasteiger partial charge on any atom is -0.491 e. The molecule has 24 heavy (non-hydrogen) atoms. The number of aliphatic hydroxyl groups excluding tert-OH is 1. The second-order valence-corrected chi connectivity index (χ2v) is 5.71. The zero-order valence-corrected chi connectivity index (χ0v) is 13.6. The van der Waals surface area contributed by atoms with E-state index in [-0.39, 0.29) is 6.61 Å². The Morgan fingerprint density at radius 1 is 1.21 bits per heavy atom. The van der Waals surface area contributed by atoms with Crippen molar-refractivity contribution in [1.82, 2.24) is 4.98 Å². The van der Waals surface area contributed by atoms with E-state index in [4.69, 9.17) is 9.15 Å². The van der Waals surface area contributed by atoms with Gasteiger partial charge in [-0.15, -0.1) is 0 Å². The largest absolute Gasteiger partial charge is 0.491 e. The van der Waals surface area contributed by atoms with Crippen LogP contribution >= 0.6 is 0 Å². The van der Waals surface area contributed by atoms with Crippen LogP contribution in [-0.4, -0.2) is 43.6 Å². The molecule has 1 aromatic heterocycles. The maximum atomic E-state index is 12.3. The molecule has 1 heterocycles. The van der Waals surface area contributed by atoms with E-state index in [0.717, 1.165) is 11.3 Å². The number of hydrogen-bond acceptors (Lipinski definition) is 5. The van der Waals surface area contributed by atoms with Gasteiger partial charge in [0.25, 0.3) is 0 Å². The molecule has 3 aromatic rings. The summed E-state index contributed by atoms with van der Waals surface area (Å²) in [5, 5.41) is 9.21. The Balaban J connectivity index is 1.83. The van der Waals surface area contributed by atoms with Crippen molar-refractivity contribution in [2.75, 3.05) is 32.3 Å². The van der Waals surface area contributed by atoms with Crippen LogP contribution in [0.25, 0.3) is 22.6 Å². The number of oxazole rings is 1. The van der Waals surface area contributed by atoms with Crippen LogP contribution < -0.4 is 9.64 Å². The van der Waals surface area contributed by atoms with Crippen LogP contribution in [0.1, 0.15) is 0 Å². The number of aromatic nitrogens is 1. The summed E-state index contributed by atoms with van der Waals surface area (Å²) < 4.78 is 23.4. The highest BCUT2D eigenvalue weighted by Gasteiger charge is 2.10. The van der Waals surface area contributed by atoms with Crippen molar-refractivity contribution in [3.8, 4) is 17.2 Å². The summed E-state index contributed by atoms with van der Waals surface area (Å²) in [4.78, 5) is 6.49. The number of ether oxygens (including phenoxy) is 1. The van der Waals surface area contributed by atoms with E-state index in [1.807, 2.05) is 43.3 Å². The summed E-state index contributed by atoms with van der Waals surface area (Å²) in [6, 6.07) is 13.1. The molecular formula is C18H19FN2O3. The predicted octanol–water partition coefficient (Wildman–Crippen LogP) is 3.27. The van der Waals surface area contributed by atoms with Crippen LogP contribution in [-0.2, 0) is 0 Å². The van der Waals surface area contributed by atoms with Gasteiger partial charge in [0.1, 0.15) is 30.7 Å². The highest BCUT2D eigenvalue weighted by molar-refractivity contribution is 5.78. The number of anilines is 1. The minimum absolute atomic E-state index is 0.0985. The molecule has 0 spiro atoms.